The molecular weight excluding hydrogens is 343 g/mol. The van der Waals surface area contributed by atoms with E-state index < -0.39 is 0 Å². The summed E-state index contributed by atoms with van der Waals surface area (Å²) in [5.74, 6) is 0.0758. The fourth-order valence-electron chi connectivity index (χ4n) is 2.38. The lowest BCUT2D eigenvalue weighted by Gasteiger charge is -2.18. The van der Waals surface area contributed by atoms with E-state index in [0.29, 0.717) is 5.69 Å². The summed E-state index contributed by atoms with van der Waals surface area (Å²) in [7, 11) is 0. The fraction of sp³-hybridized carbons (Fsp3) is 0.429. The molecule has 0 aromatic carbocycles. The van der Waals surface area contributed by atoms with Crippen molar-refractivity contribution in [2.24, 2.45) is 0 Å². The maximum atomic E-state index is 12.5. The second kappa shape index (κ2) is 8.53. The fourth-order valence-corrected chi connectivity index (χ4v) is 3.00. The van der Waals surface area contributed by atoms with Crippen LogP contribution in [-0.2, 0) is 0 Å². The molecule has 2 aromatic rings. The van der Waals surface area contributed by atoms with Crippen LogP contribution in [0, 0.1) is 6.92 Å². The molecule has 0 spiro atoms. The first kappa shape index (κ1) is 19.0. The molecule has 0 bridgehead atoms. The number of amides is 1. The van der Waals surface area contributed by atoms with Crippen LogP contribution in [0.4, 0.5) is 0 Å². The SMILES string of the molecule is Cc1nc(-c2c[nH]c(C(=O)N3CCCNCC3)c2)cs1.Cl.Cl. The Kier molecular flexibility index (Phi) is 7.35. The van der Waals surface area contributed by atoms with E-state index in [0.717, 1.165) is 48.9 Å². The van der Waals surface area contributed by atoms with Gasteiger partial charge in [0.15, 0.2) is 0 Å². The number of carbonyl (C=O) groups excluding carboxylic acids is 1. The molecule has 22 heavy (non-hydrogen) atoms. The maximum absolute atomic E-state index is 12.5. The Balaban J connectivity index is 0.00000121. The molecular formula is C14H20Cl2N4OS. The smallest absolute Gasteiger partial charge is 0.270 e. The first-order valence-electron chi connectivity index (χ1n) is 6.85. The summed E-state index contributed by atoms with van der Waals surface area (Å²) in [5, 5.41) is 6.36. The van der Waals surface area contributed by atoms with Gasteiger partial charge in [0.05, 0.1) is 10.7 Å². The molecule has 2 N–H and O–H groups in total. The Labute approximate surface area is 146 Å². The second-order valence-corrected chi connectivity index (χ2v) is 6.01. The van der Waals surface area contributed by atoms with Crippen molar-refractivity contribution in [2.45, 2.75) is 13.3 Å². The highest BCUT2D eigenvalue weighted by Crippen LogP contribution is 2.22. The van der Waals surface area contributed by atoms with Crippen molar-refractivity contribution in [1.82, 2.24) is 20.2 Å². The van der Waals surface area contributed by atoms with E-state index in [9.17, 15) is 4.79 Å². The lowest BCUT2D eigenvalue weighted by molar-refractivity contribution is 0.0761. The van der Waals surface area contributed by atoms with Crippen molar-refractivity contribution in [3.63, 3.8) is 0 Å². The van der Waals surface area contributed by atoms with Gasteiger partial charge in [0.1, 0.15) is 5.69 Å². The van der Waals surface area contributed by atoms with Crippen molar-refractivity contribution >= 4 is 42.1 Å². The van der Waals surface area contributed by atoms with Gasteiger partial charge < -0.3 is 15.2 Å². The lowest BCUT2D eigenvalue weighted by atomic mass is 10.2. The van der Waals surface area contributed by atoms with Crippen LogP contribution in [0.1, 0.15) is 21.9 Å². The second-order valence-electron chi connectivity index (χ2n) is 4.95. The Morgan fingerprint density at radius 2 is 2.14 bits per heavy atom. The third kappa shape index (κ3) is 4.23. The zero-order valence-electron chi connectivity index (χ0n) is 12.3. The topological polar surface area (TPSA) is 61.0 Å². The molecule has 0 aliphatic carbocycles. The molecule has 3 heterocycles. The van der Waals surface area contributed by atoms with E-state index in [4.69, 9.17) is 0 Å². The Morgan fingerprint density at radius 1 is 1.32 bits per heavy atom. The molecule has 0 unspecified atom stereocenters. The Bertz CT molecular complexity index is 606. The lowest BCUT2D eigenvalue weighted by Crippen LogP contribution is -2.34. The number of aromatic amines is 1. The minimum absolute atomic E-state index is 0. The molecule has 1 fully saturated rings. The number of nitrogens with one attached hydrogen (secondary N) is 2. The van der Waals surface area contributed by atoms with E-state index in [1.54, 1.807) is 11.3 Å². The monoisotopic (exact) mass is 362 g/mol. The third-order valence-electron chi connectivity index (χ3n) is 3.46. The van der Waals surface area contributed by atoms with Crippen molar-refractivity contribution < 1.29 is 4.79 Å². The summed E-state index contributed by atoms with van der Waals surface area (Å²) in [6, 6.07) is 1.90. The highest BCUT2D eigenvalue weighted by atomic mass is 35.5. The summed E-state index contributed by atoms with van der Waals surface area (Å²) >= 11 is 1.62. The van der Waals surface area contributed by atoms with Gasteiger partial charge in [-0.05, 0) is 26.0 Å². The summed E-state index contributed by atoms with van der Waals surface area (Å²) in [4.78, 5) is 21.9. The summed E-state index contributed by atoms with van der Waals surface area (Å²) in [6.45, 7) is 5.42. The molecule has 1 aliphatic rings. The van der Waals surface area contributed by atoms with Gasteiger partial charge >= 0.3 is 0 Å². The number of aryl methyl sites for hydroxylation is 1. The van der Waals surface area contributed by atoms with Crippen molar-refractivity contribution in [2.75, 3.05) is 26.2 Å². The number of H-pyrrole nitrogens is 1. The Morgan fingerprint density at radius 3 is 2.86 bits per heavy atom. The number of carbonyl (C=O) groups is 1. The van der Waals surface area contributed by atoms with Crippen LogP contribution in [0.2, 0.25) is 0 Å². The molecule has 1 saturated heterocycles. The van der Waals surface area contributed by atoms with Crippen molar-refractivity contribution in [3.8, 4) is 11.3 Å². The van der Waals surface area contributed by atoms with Crippen LogP contribution in [0.3, 0.4) is 0 Å². The molecule has 0 radical (unpaired) electrons. The van der Waals surface area contributed by atoms with Crippen LogP contribution in [-0.4, -0.2) is 47.0 Å². The standard InChI is InChI=1S/C14H18N4OS.2ClH/c1-10-17-13(9-20-10)11-7-12(16-8-11)14(19)18-5-2-3-15-4-6-18;;/h7-9,15-16H,2-6H2,1H3;2*1H. The van der Waals surface area contributed by atoms with Gasteiger partial charge in [-0.2, -0.15) is 0 Å². The number of nitrogens with zero attached hydrogens (tertiary/aromatic N) is 2. The Hall–Kier alpha value is -1.08. The highest BCUT2D eigenvalue weighted by molar-refractivity contribution is 7.09. The van der Waals surface area contributed by atoms with Crippen LogP contribution in [0.25, 0.3) is 11.3 Å². The zero-order valence-corrected chi connectivity index (χ0v) is 14.7. The largest absolute Gasteiger partial charge is 0.357 e. The van der Waals surface area contributed by atoms with Gasteiger partial charge in [0, 0.05) is 36.8 Å². The average molecular weight is 363 g/mol. The molecule has 3 rings (SSSR count). The van der Waals surface area contributed by atoms with Gasteiger partial charge in [-0.15, -0.1) is 36.2 Å². The first-order valence-corrected chi connectivity index (χ1v) is 7.73. The molecule has 8 heteroatoms. The van der Waals surface area contributed by atoms with Crippen LogP contribution < -0.4 is 5.32 Å². The van der Waals surface area contributed by atoms with Gasteiger partial charge in [0.25, 0.3) is 5.91 Å². The average Bonchev–Trinajstić information content (AvgIpc) is 3.00. The highest BCUT2D eigenvalue weighted by Gasteiger charge is 2.19. The van der Waals surface area contributed by atoms with Crippen LogP contribution in [0.15, 0.2) is 17.6 Å². The number of hydrogen-bond donors (Lipinski definition) is 2. The molecule has 1 aliphatic heterocycles. The predicted molar refractivity (Wildman–Crippen MR) is 94.5 cm³/mol. The van der Waals surface area contributed by atoms with Crippen LogP contribution >= 0.6 is 36.2 Å². The van der Waals surface area contributed by atoms with E-state index in [2.05, 4.69) is 15.3 Å². The van der Waals surface area contributed by atoms with Crippen LogP contribution in [0.5, 0.6) is 0 Å². The summed E-state index contributed by atoms with van der Waals surface area (Å²) in [5.41, 5.74) is 2.55. The van der Waals surface area contributed by atoms with Crippen molar-refractivity contribution in [3.05, 3.63) is 28.3 Å². The molecule has 2 aromatic heterocycles. The maximum Gasteiger partial charge on any atom is 0.270 e. The zero-order chi connectivity index (χ0) is 13.9. The summed E-state index contributed by atoms with van der Waals surface area (Å²) < 4.78 is 0. The first-order chi connectivity index (χ1) is 9.74. The van der Waals surface area contributed by atoms with Crippen molar-refractivity contribution in [1.29, 1.82) is 0 Å². The minimum Gasteiger partial charge on any atom is -0.357 e. The van der Waals surface area contributed by atoms with E-state index in [1.165, 1.54) is 0 Å². The van der Waals surface area contributed by atoms with E-state index >= 15 is 0 Å². The molecule has 122 valence electrons. The molecule has 0 atom stereocenters. The number of rotatable bonds is 2. The normalized spacial score (nSPS) is 14.7. The van der Waals surface area contributed by atoms with Gasteiger partial charge in [-0.3, -0.25) is 4.79 Å². The number of aromatic nitrogens is 2. The minimum atomic E-state index is 0. The molecule has 0 saturated carbocycles. The third-order valence-corrected chi connectivity index (χ3v) is 4.23. The number of hydrogen-bond acceptors (Lipinski definition) is 4. The number of thiazole rings is 1. The molecule has 5 nitrogen and oxygen atoms in total. The van der Waals surface area contributed by atoms with E-state index in [1.807, 2.05) is 29.5 Å². The molecule has 1 amide bonds. The number of halogens is 2. The quantitative estimate of drug-likeness (QED) is 0.863. The van der Waals surface area contributed by atoms with Gasteiger partial charge in [-0.1, -0.05) is 0 Å². The summed E-state index contributed by atoms with van der Waals surface area (Å²) in [6.07, 6.45) is 2.86. The van der Waals surface area contributed by atoms with Gasteiger partial charge in [0.2, 0.25) is 0 Å². The van der Waals surface area contributed by atoms with Gasteiger partial charge in [-0.25, -0.2) is 4.98 Å². The predicted octanol–water partition coefficient (Wildman–Crippen LogP) is 2.73. The van der Waals surface area contributed by atoms with E-state index in [-0.39, 0.29) is 30.7 Å².